The van der Waals surface area contributed by atoms with Gasteiger partial charge in [-0.05, 0) is 12.5 Å². The van der Waals surface area contributed by atoms with Crippen LogP contribution in [0, 0.1) is 18.4 Å². The van der Waals surface area contributed by atoms with Crippen LogP contribution in [0.4, 0.5) is 0 Å². The predicted molar refractivity (Wildman–Crippen MR) is 62.9 cm³/mol. The highest BCUT2D eigenvalue weighted by Gasteiger charge is 2.07. The molecule has 0 aliphatic heterocycles. The van der Waals surface area contributed by atoms with Crippen LogP contribution in [-0.4, -0.2) is 0 Å². The molecule has 0 aliphatic carbocycles. The summed E-state index contributed by atoms with van der Waals surface area (Å²) in [5.41, 5.74) is 1.63. The number of benzene rings is 1. The van der Waals surface area contributed by atoms with E-state index in [0.29, 0.717) is 10.0 Å². The Morgan fingerprint density at radius 2 is 1.87 bits per heavy atom. The van der Waals surface area contributed by atoms with Crippen LogP contribution in [0.15, 0.2) is 12.1 Å². The Kier molecular flexibility index (Phi) is 6.94. The molecule has 0 spiro atoms. The highest BCUT2D eigenvalue weighted by Crippen LogP contribution is 2.29. The van der Waals surface area contributed by atoms with Crippen molar-refractivity contribution in [3.63, 3.8) is 0 Å². The zero-order valence-corrected chi connectivity index (χ0v) is 10.5. The van der Waals surface area contributed by atoms with E-state index < -0.39 is 0 Å². The SMILES string of the molecule is CC.Cc1ccc(COC#N)c(Cl)c1Cl. The number of rotatable bonds is 2. The summed E-state index contributed by atoms with van der Waals surface area (Å²) in [4.78, 5) is 0. The van der Waals surface area contributed by atoms with Crippen LogP contribution in [0.1, 0.15) is 25.0 Å². The first-order valence-electron chi connectivity index (χ1n) is 4.61. The minimum absolute atomic E-state index is 0.162. The Labute approximate surface area is 100 Å². The second kappa shape index (κ2) is 7.39. The Balaban J connectivity index is 0.000000921. The van der Waals surface area contributed by atoms with Gasteiger partial charge in [0, 0.05) is 5.56 Å². The van der Waals surface area contributed by atoms with Gasteiger partial charge in [-0.25, -0.2) is 0 Å². The molecule has 0 aromatic heterocycles. The molecular weight excluding hydrogens is 233 g/mol. The van der Waals surface area contributed by atoms with Gasteiger partial charge in [-0.3, -0.25) is 0 Å². The van der Waals surface area contributed by atoms with Crippen molar-refractivity contribution in [1.29, 1.82) is 5.26 Å². The van der Waals surface area contributed by atoms with E-state index in [2.05, 4.69) is 4.74 Å². The van der Waals surface area contributed by atoms with Crippen LogP contribution < -0.4 is 0 Å². The van der Waals surface area contributed by atoms with Crippen molar-refractivity contribution < 1.29 is 4.74 Å². The number of nitriles is 1. The third kappa shape index (κ3) is 3.99. The second-order valence-corrected chi connectivity index (χ2v) is 3.31. The van der Waals surface area contributed by atoms with Gasteiger partial charge in [0.2, 0.25) is 0 Å². The van der Waals surface area contributed by atoms with Crippen LogP contribution in [-0.2, 0) is 11.3 Å². The summed E-state index contributed by atoms with van der Waals surface area (Å²) in [5, 5.41) is 9.16. The maximum absolute atomic E-state index is 8.19. The van der Waals surface area contributed by atoms with Gasteiger partial charge in [-0.2, -0.15) is 5.26 Å². The fourth-order valence-electron chi connectivity index (χ4n) is 0.907. The van der Waals surface area contributed by atoms with E-state index in [1.54, 1.807) is 12.3 Å². The van der Waals surface area contributed by atoms with E-state index in [-0.39, 0.29) is 6.61 Å². The fourth-order valence-corrected chi connectivity index (χ4v) is 1.36. The van der Waals surface area contributed by atoms with Crippen molar-refractivity contribution in [2.75, 3.05) is 0 Å². The average Bonchev–Trinajstić information content (AvgIpc) is 2.28. The number of halogens is 2. The highest BCUT2D eigenvalue weighted by molar-refractivity contribution is 6.42. The summed E-state index contributed by atoms with van der Waals surface area (Å²) in [5.74, 6) is 0. The molecule has 15 heavy (non-hydrogen) atoms. The summed E-state index contributed by atoms with van der Waals surface area (Å²) in [7, 11) is 0. The van der Waals surface area contributed by atoms with Crippen LogP contribution in [0.3, 0.4) is 0 Å². The molecule has 4 heteroatoms. The maximum Gasteiger partial charge on any atom is 0.286 e. The Hall–Kier alpha value is -0.910. The summed E-state index contributed by atoms with van der Waals surface area (Å²) >= 11 is 11.8. The molecule has 1 aromatic rings. The molecule has 0 atom stereocenters. The molecule has 0 fully saturated rings. The maximum atomic E-state index is 8.19. The second-order valence-electron chi connectivity index (χ2n) is 2.55. The number of aryl methyl sites for hydroxylation is 1. The first-order valence-corrected chi connectivity index (χ1v) is 5.36. The van der Waals surface area contributed by atoms with Crippen LogP contribution in [0.5, 0.6) is 0 Å². The minimum atomic E-state index is 0.162. The molecule has 1 rings (SSSR count). The number of nitrogens with zero attached hydrogens (tertiary/aromatic N) is 1. The zero-order valence-electron chi connectivity index (χ0n) is 8.97. The van der Waals surface area contributed by atoms with Gasteiger partial charge in [0.05, 0.1) is 10.0 Å². The number of hydrogen-bond donors (Lipinski definition) is 0. The lowest BCUT2D eigenvalue weighted by atomic mass is 10.1. The Morgan fingerprint density at radius 1 is 1.27 bits per heavy atom. The molecule has 0 unspecified atom stereocenters. The lowest BCUT2D eigenvalue weighted by molar-refractivity contribution is 0.258. The lowest BCUT2D eigenvalue weighted by Crippen LogP contribution is -1.90. The van der Waals surface area contributed by atoms with E-state index in [1.165, 1.54) is 0 Å². The van der Waals surface area contributed by atoms with Crippen molar-refractivity contribution in [1.82, 2.24) is 0 Å². The molecule has 82 valence electrons. The van der Waals surface area contributed by atoms with Gasteiger partial charge in [0.15, 0.2) is 0 Å². The Bertz CT molecular complexity index is 358. The van der Waals surface area contributed by atoms with Gasteiger partial charge in [0.1, 0.15) is 6.61 Å². The topological polar surface area (TPSA) is 33.0 Å². The fraction of sp³-hybridized carbons (Fsp3) is 0.364. The standard InChI is InChI=1S/C9H7Cl2NO.C2H6/c1-6-2-3-7(4-13-5-12)9(11)8(6)10;1-2/h2-3H,4H2,1H3;1-2H3. The van der Waals surface area contributed by atoms with E-state index in [1.807, 2.05) is 26.8 Å². The molecule has 0 radical (unpaired) electrons. The number of ether oxygens (including phenoxy) is 1. The van der Waals surface area contributed by atoms with E-state index in [0.717, 1.165) is 11.1 Å². The van der Waals surface area contributed by atoms with Gasteiger partial charge in [-0.1, -0.05) is 49.2 Å². The molecule has 0 bridgehead atoms. The van der Waals surface area contributed by atoms with E-state index in [4.69, 9.17) is 28.5 Å². The first-order chi connectivity index (χ1) is 7.16. The summed E-state index contributed by atoms with van der Waals surface area (Å²) in [6.07, 6.45) is 1.58. The molecule has 0 aliphatic rings. The Morgan fingerprint density at radius 3 is 2.40 bits per heavy atom. The summed E-state index contributed by atoms with van der Waals surface area (Å²) < 4.78 is 4.56. The van der Waals surface area contributed by atoms with Crippen LogP contribution in [0.2, 0.25) is 10.0 Å². The number of hydrogen-bond acceptors (Lipinski definition) is 2. The zero-order chi connectivity index (χ0) is 11.8. The highest BCUT2D eigenvalue weighted by atomic mass is 35.5. The lowest BCUT2D eigenvalue weighted by Gasteiger charge is -2.05. The average molecular weight is 246 g/mol. The smallest absolute Gasteiger partial charge is 0.286 e. The van der Waals surface area contributed by atoms with Gasteiger partial charge < -0.3 is 4.74 Å². The van der Waals surface area contributed by atoms with Crippen LogP contribution in [0.25, 0.3) is 0 Å². The van der Waals surface area contributed by atoms with Gasteiger partial charge in [0.25, 0.3) is 6.26 Å². The quantitative estimate of drug-likeness (QED) is 0.727. The monoisotopic (exact) mass is 245 g/mol. The molecule has 0 amide bonds. The van der Waals surface area contributed by atoms with Crippen molar-refractivity contribution in [2.24, 2.45) is 0 Å². The largest absolute Gasteiger partial charge is 0.423 e. The van der Waals surface area contributed by atoms with Crippen LogP contribution >= 0.6 is 23.2 Å². The van der Waals surface area contributed by atoms with E-state index in [9.17, 15) is 0 Å². The van der Waals surface area contributed by atoms with Crippen molar-refractivity contribution in [3.8, 4) is 6.26 Å². The van der Waals surface area contributed by atoms with Gasteiger partial charge >= 0.3 is 0 Å². The summed E-state index contributed by atoms with van der Waals surface area (Å²) in [6.45, 7) is 6.03. The molecule has 0 heterocycles. The first kappa shape index (κ1) is 14.1. The molecule has 0 saturated heterocycles. The van der Waals surface area contributed by atoms with Crippen molar-refractivity contribution in [2.45, 2.75) is 27.4 Å². The molecule has 1 aromatic carbocycles. The molecule has 0 saturated carbocycles. The molecule has 0 N–H and O–H groups in total. The van der Waals surface area contributed by atoms with Gasteiger partial charge in [-0.15, -0.1) is 0 Å². The minimum Gasteiger partial charge on any atom is -0.423 e. The third-order valence-corrected chi connectivity index (χ3v) is 2.66. The molecular formula is C11H13Cl2NO. The molecule has 2 nitrogen and oxygen atoms in total. The third-order valence-electron chi connectivity index (χ3n) is 1.65. The summed E-state index contributed by atoms with van der Waals surface area (Å²) in [6, 6.07) is 3.63. The van der Waals surface area contributed by atoms with E-state index >= 15 is 0 Å². The van der Waals surface area contributed by atoms with Crippen molar-refractivity contribution in [3.05, 3.63) is 33.3 Å². The van der Waals surface area contributed by atoms with Crippen molar-refractivity contribution >= 4 is 23.2 Å². The predicted octanol–water partition coefficient (Wildman–Crippen LogP) is 4.33. The normalized spacial score (nSPS) is 8.53.